The molecule has 2 aromatic rings. The first-order valence-corrected chi connectivity index (χ1v) is 7.13. The van der Waals surface area contributed by atoms with Crippen molar-refractivity contribution in [2.24, 2.45) is 5.10 Å². The lowest BCUT2D eigenvalue weighted by Gasteiger charge is -2.03. The third kappa shape index (κ3) is 4.52. The molecule has 0 saturated carbocycles. The summed E-state index contributed by atoms with van der Waals surface area (Å²) >= 11 is 4.98. The van der Waals surface area contributed by atoms with Crippen molar-refractivity contribution in [1.82, 2.24) is 10.7 Å². The topological polar surface area (TPSA) is 86.9 Å². The highest BCUT2D eigenvalue weighted by Gasteiger charge is 2.13. The SMILES string of the molecule is C=CCNC(=S)N/N=C/c1ccc(-c2ccccc2C(=O)O)o1. The van der Waals surface area contributed by atoms with Crippen LogP contribution >= 0.6 is 12.2 Å². The summed E-state index contributed by atoms with van der Waals surface area (Å²) in [7, 11) is 0. The minimum atomic E-state index is -1.01. The van der Waals surface area contributed by atoms with Crippen LogP contribution < -0.4 is 10.7 Å². The van der Waals surface area contributed by atoms with E-state index in [1.54, 1.807) is 36.4 Å². The van der Waals surface area contributed by atoms with Crippen molar-refractivity contribution in [3.63, 3.8) is 0 Å². The molecule has 23 heavy (non-hydrogen) atoms. The van der Waals surface area contributed by atoms with Gasteiger partial charge in [-0.3, -0.25) is 5.43 Å². The molecule has 0 atom stereocenters. The van der Waals surface area contributed by atoms with Crippen LogP contribution in [0.3, 0.4) is 0 Å². The average molecular weight is 329 g/mol. The Hall–Kier alpha value is -2.93. The average Bonchev–Trinajstić information content (AvgIpc) is 3.01. The van der Waals surface area contributed by atoms with E-state index >= 15 is 0 Å². The Kier molecular flexibility index (Phi) is 5.65. The number of thiocarbonyl (C=S) groups is 1. The number of furan rings is 1. The molecular formula is C16H15N3O3S. The Morgan fingerprint density at radius 2 is 2.13 bits per heavy atom. The van der Waals surface area contributed by atoms with Crippen LogP contribution in [0.15, 0.2) is 58.6 Å². The molecule has 0 aliphatic heterocycles. The van der Waals surface area contributed by atoms with Crippen molar-refractivity contribution < 1.29 is 14.3 Å². The molecule has 2 rings (SSSR count). The van der Waals surface area contributed by atoms with E-state index in [1.165, 1.54) is 12.3 Å². The number of aromatic carboxylic acids is 1. The number of nitrogens with zero attached hydrogens (tertiary/aromatic N) is 1. The van der Waals surface area contributed by atoms with Crippen LogP contribution in [-0.4, -0.2) is 28.9 Å². The van der Waals surface area contributed by atoms with E-state index in [1.807, 2.05) is 0 Å². The number of benzene rings is 1. The highest BCUT2D eigenvalue weighted by Crippen LogP contribution is 2.25. The highest BCUT2D eigenvalue weighted by molar-refractivity contribution is 7.80. The molecule has 7 heteroatoms. The molecule has 118 valence electrons. The van der Waals surface area contributed by atoms with Gasteiger partial charge < -0.3 is 14.8 Å². The Bertz CT molecular complexity index is 753. The van der Waals surface area contributed by atoms with Crippen LogP contribution in [0.5, 0.6) is 0 Å². The van der Waals surface area contributed by atoms with Gasteiger partial charge in [0.15, 0.2) is 5.11 Å². The maximum atomic E-state index is 11.2. The van der Waals surface area contributed by atoms with Gasteiger partial charge in [-0.05, 0) is 30.4 Å². The maximum absolute atomic E-state index is 11.2. The van der Waals surface area contributed by atoms with E-state index < -0.39 is 5.97 Å². The van der Waals surface area contributed by atoms with E-state index in [0.29, 0.717) is 28.7 Å². The molecule has 0 fully saturated rings. The smallest absolute Gasteiger partial charge is 0.336 e. The second kappa shape index (κ2) is 7.90. The van der Waals surface area contributed by atoms with Crippen LogP contribution in [0, 0.1) is 0 Å². The zero-order chi connectivity index (χ0) is 16.7. The van der Waals surface area contributed by atoms with E-state index in [4.69, 9.17) is 16.6 Å². The summed E-state index contributed by atoms with van der Waals surface area (Å²) in [6, 6.07) is 10.0. The molecule has 0 unspecified atom stereocenters. The highest BCUT2D eigenvalue weighted by atomic mass is 32.1. The number of carboxylic acids is 1. The van der Waals surface area contributed by atoms with Crippen molar-refractivity contribution in [1.29, 1.82) is 0 Å². The molecule has 0 amide bonds. The van der Waals surface area contributed by atoms with E-state index in [9.17, 15) is 9.90 Å². The van der Waals surface area contributed by atoms with Crippen molar-refractivity contribution in [3.05, 3.63) is 60.4 Å². The summed E-state index contributed by atoms with van der Waals surface area (Å²) < 4.78 is 5.59. The van der Waals surface area contributed by atoms with E-state index in [0.717, 1.165) is 0 Å². The number of hydrogen-bond acceptors (Lipinski definition) is 4. The van der Waals surface area contributed by atoms with Crippen molar-refractivity contribution >= 4 is 29.5 Å². The van der Waals surface area contributed by atoms with Crippen molar-refractivity contribution in [2.45, 2.75) is 0 Å². The zero-order valence-corrected chi connectivity index (χ0v) is 13.0. The molecule has 1 heterocycles. The molecule has 0 aliphatic carbocycles. The van der Waals surface area contributed by atoms with Gasteiger partial charge in [-0.15, -0.1) is 6.58 Å². The fraction of sp³-hybridized carbons (Fsp3) is 0.0625. The van der Waals surface area contributed by atoms with Gasteiger partial charge in [0.25, 0.3) is 0 Å². The van der Waals surface area contributed by atoms with Gasteiger partial charge in [0.1, 0.15) is 11.5 Å². The number of hydrazone groups is 1. The molecule has 6 nitrogen and oxygen atoms in total. The van der Waals surface area contributed by atoms with Crippen molar-refractivity contribution in [3.8, 4) is 11.3 Å². The number of hydrogen-bond donors (Lipinski definition) is 3. The van der Waals surface area contributed by atoms with Crippen molar-refractivity contribution in [2.75, 3.05) is 6.54 Å². The van der Waals surface area contributed by atoms with Gasteiger partial charge in [0.05, 0.1) is 11.8 Å². The zero-order valence-electron chi connectivity index (χ0n) is 12.2. The third-order valence-corrected chi connectivity index (χ3v) is 3.05. The Balaban J connectivity index is 2.08. The summed E-state index contributed by atoms with van der Waals surface area (Å²) in [4.78, 5) is 11.2. The number of rotatable bonds is 6. The van der Waals surface area contributed by atoms with Gasteiger partial charge in [-0.1, -0.05) is 24.3 Å². The molecule has 0 spiro atoms. The summed E-state index contributed by atoms with van der Waals surface area (Å²) in [5.74, 6) is -0.0800. The molecule has 1 aromatic heterocycles. The fourth-order valence-electron chi connectivity index (χ4n) is 1.81. The number of carbonyl (C=O) groups is 1. The largest absolute Gasteiger partial charge is 0.478 e. The quantitative estimate of drug-likeness (QED) is 0.327. The normalized spacial score (nSPS) is 10.4. The summed E-state index contributed by atoms with van der Waals surface area (Å²) in [6.45, 7) is 4.11. The molecule has 1 aromatic carbocycles. The summed E-state index contributed by atoms with van der Waals surface area (Å²) in [5, 5.41) is 16.4. The summed E-state index contributed by atoms with van der Waals surface area (Å²) in [5.41, 5.74) is 3.32. The first-order chi connectivity index (χ1) is 11.1. The standard InChI is InChI=1S/C16H15N3O3S/c1-2-9-17-16(23)19-18-10-11-7-8-14(22-11)12-5-3-4-6-13(12)15(20)21/h2-8,10H,1,9H2,(H,20,21)(H2,17,19,23)/b18-10+. The molecular weight excluding hydrogens is 314 g/mol. The Labute approximate surface area is 138 Å². The second-order valence-electron chi connectivity index (χ2n) is 4.42. The fourth-order valence-corrected chi connectivity index (χ4v) is 1.95. The van der Waals surface area contributed by atoms with Crippen LogP contribution in [-0.2, 0) is 0 Å². The lowest BCUT2D eigenvalue weighted by atomic mass is 10.1. The second-order valence-corrected chi connectivity index (χ2v) is 4.83. The maximum Gasteiger partial charge on any atom is 0.336 e. The first kappa shape index (κ1) is 16.4. The monoisotopic (exact) mass is 329 g/mol. The third-order valence-electron chi connectivity index (χ3n) is 2.81. The van der Waals surface area contributed by atoms with Gasteiger partial charge in [-0.2, -0.15) is 5.10 Å². The van der Waals surface area contributed by atoms with Crippen LogP contribution in [0.1, 0.15) is 16.1 Å². The molecule has 0 aliphatic rings. The predicted octanol–water partition coefficient (Wildman–Crippen LogP) is 2.63. The Morgan fingerprint density at radius 1 is 1.35 bits per heavy atom. The van der Waals surface area contributed by atoms with E-state index in [-0.39, 0.29) is 5.56 Å². The minimum Gasteiger partial charge on any atom is -0.478 e. The summed E-state index contributed by atoms with van der Waals surface area (Å²) in [6.07, 6.45) is 3.13. The van der Waals surface area contributed by atoms with Gasteiger partial charge in [0.2, 0.25) is 0 Å². The van der Waals surface area contributed by atoms with Gasteiger partial charge in [-0.25, -0.2) is 4.79 Å². The van der Waals surface area contributed by atoms with Gasteiger partial charge in [0, 0.05) is 12.1 Å². The first-order valence-electron chi connectivity index (χ1n) is 6.72. The molecule has 0 bridgehead atoms. The lowest BCUT2D eigenvalue weighted by Crippen LogP contribution is -2.31. The van der Waals surface area contributed by atoms with E-state index in [2.05, 4.69) is 22.4 Å². The lowest BCUT2D eigenvalue weighted by molar-refractivity contribution is 0.0697. The van der Waals surface area contributed by atoms with Gasteiger partial charge >= 0.3 is 5.97 Å². The minimum absolute atomic E-state index is 0.179. The Morgan fingerprint density at radius 3 is 2.87 bits per heavy atom. The number of nitrogens with one attached hydrogen (secondary N) is 2. The molecule has 3 N–H and O–H groups in total. The predicted molar refractivity (Wildman–Crippen MR) is 92.6 cm³/mol. The molecule has 0 saturated heterocycles. The molecule has 0 radical (unpaired) electrons. The van der Waals surface area contributed by atoms with Crippen LogP contribution in [0.25, 0.3) is 11.3 Å². The van der Waals surface area contributed by atoms with Crippen LogP contribution in [0.4, 0.5) is 0 Å². The van der Waals surface area contributed by atoms with Crippen LogP contribution in [0.2, 0.25) is 0 Å². The number of carboxylic acid groups (broad SMARTS) is 1.